The fourth-order valence-corrected chi connectivity index (χ4v) is 2.70. The first-order valence-electron chi connectivity index (χ1n) is 8.63. The van der Waals surface area contributed by atoms with Crippen molar-refractivity contribution in [3.8, 4) is 5.75 Å². The van der Waals surface area contributed by atoms with E-state index >= 15 is 0 Å². The summed E-state index contributed by atoms with van der Waals surface area (Å²) in [5.41, 5.74) is 0.821. The number of nitrogens with one attached hydrogen (secondary N) is 1. The van der Waals surface area contributed by atoms with Crippen molar-refractivity contribution < 1.29 is 23.9 Å². The van der Waals surface area contributed by atoms with Gasteiger partial charge >= 0.3 is 6.09 Å². The van der Waals surface area contributed by atoms with Gasteiger partial charge in [-0.1, -0.05) is 12.1 Å². The van der Waals surface area contributed by atoms with Crippen LogP contribution < -0.4 is 10.1 Å². The van der Waals surface area contributed by atoms with Crippen LogP contribution in [0.1, 0.15) is 13.3 Å². The summed E-state index contributed by atoms with van der Waals surface area (Å²) in [5.74, 6) is 0.307. The number of alkyl carbamates (subject to hydrolysis) is 1. The molecule has 1 aromatic carbocycles. The average molecular weight is 373 g/mol. The Bertz CT molecular complexity index is 791. The molecule has 0 spiro atoms. The third-order valence-electron chi connectivity index (χ3n) is 4.07. The van der Waals surface area contributed by atoms with Gasteiger partial charge in [-0.3, -0.25) is 9.78 Å². The number of likely N-dealkylation sites (N-methyl/N-ethyl adjacent to an activating group) is 1. The van der Waals surface area contributed by atoms with E-state index in [1.807, 2.05) is 24.3 Å². The lowest BCUT2D eigenvalue weighted by Crippen LogP contribution is -2.46. The Morgan fingerprint density at radius 1 is 1.30 bits per heavy atom. The zero-order chi connectivity index (χ0) is 19.6. The van der Waals surface area contributed by atoms with E-state index in [9.17, 15) is 14.4 Å². The monoisotopic (exact) mass is 373 g/mol. The van der Waals surface area contributed by atoms with Crippen LogP contribution in [0, 0.1) is 0 Å². The number of hydrogen-bond acceptors (Lipinski definition) is 6. The van der Waals surface area contributed by atoms with Crippen molar-refractivity contribution in [2.45, 2.75) is 19.4 Å². The Kier molecular flexibility index (Phi) is 7.54. The second-order valence-corrected chi connectivity index (χ2v) is 5.69. The maximum atomic E-state index is 12.3. The molecular weight excluding hydrogens is 350 g/mol. The number of benzene rings is 1. The Labute approximate surface area is 157 Å². The van der Waals surface area contributed by atoms with Gasteiger partial charge in [0, 0.05) is 24.5 Å². The number of methoxy groups -OCH3 is 1. The van der Waals surface area contributed by atoms with Crippen molar-refractivity contribution in [1.82, 2.24) is 15.2 Å². The molecule has 2 amide bonds. The number of aldehydes is 1. The number of rotatable bonds is 9. The Morgan fingerprint density at radius 2 is 2.07 bits per heavy atom. The van der Waals surface area contributed by atoms with Crippen molar-refractivity contribution >= 4 is 29.2 Å². The molecule has 0 aliphatic rings. The second-order valence-electron chi connectivity index (χ2n) is 5.69. The zero-order valence-electron chi connectivity index (χ0n) is 15.4. The summed E-state index contributed by atoms with van der Waals surface area (Å²) in [6, 6.07) is 8.72. The number of pyridine rings is 1. The minimum Gasteiger partial charge on any atom is -0.493 e. The number of hydrogen-bond donors (Lipinski definition) is 1. The van der Waals surface area contributed by atoms with E-state index in [2.05, 4.69) is 15.0 Å². The van der Waals surface area contributed by atoms with Gasteiger partial charge in [0.2, 0.25) is 5.91 Å². The van der Waals surface area contributed by atoms with Crippen LogP contribution in [0.2, 0.25) is 0 Å². The van der Waals surface area contributed by atoms with Crippen molar-refractivity contribution in [2.75, 3.05) is 26.8 Å². The van der Waals surface area contributed by atoms with Crippen LogP contribution in [0.3, 0.4) is 0 Å². The molecule has 0 fully saturated rings. The van der Waals surface area contributed by atoms with Crippen molar-refractivity contribution in [2.24, 2.45) is 0 Å². The maximum absolute atomic E-state index is 12.3. The summed E-state index contributed by atoms with van der Waals surface area (Å²) in [6.07, 6.45) is 2.01. The quantitative estimate of drug-likeness (QED) is 0.673. The van der Waals surface area contributed by atoms with E-state index in [1.165, 1.54) is 12.0 Å². The third-order valence-corrected chi connectivity index (χ3v) is 4.07. The van der Waals surface area contributed by atoms with Gasteiger partial charge < -0.3 is 24.5 Å². The molecule has 144 valence electrons. The number of aromatic nitrogens is 1. The molecule has 0 aliphatic heterocycles. The predicted octanol–water partition coefficient (Wildman–Crippen LogP) is 1.78. The van der Waals surface area contributed by atoms with Gasteiger partial charge in [-0.25, -0.2) is 4.79 Å². The lowest BCUT2D eigenvalue weighted by atomic mass is 10.2. The highest BCUT2D eigenvalue weighted by molar-refractivity contribution is 5.85. The topological polar surface area (TPSA) is 97.8 Å². The summed E-state index contributed by atoms with van der Waals surface area (Å²) in [7, 11) is 1.21. The Hall–Kier alpha value is -3.16. The lowest BCUT2D eigenvalue weighted by Gasteiger charge is -2.27. The minimum atomic E-state index is -0.699. The second kappa shape index (κ2) is 10.1. The molecule has 27 heavy (non-hydrogen) atoms. The van der Waals surface area contributed by atoms with Crippen molar-refractivity contribution in [3.05, 3.63) is 36.5 Å². The van der Waals surface area contributed by atoms with Gasteiger partial charge in [-0.2, -0.15) is 0 Å². The van der Waals surface area contributed by atoms with Crippen LogP contribution >= 0.6 is 0 Å². The summed E-state index contributed by atoms with van der Waals surface area (Å²) >= 11 is 0. The molecule has 1 N–H and O–H groups in total. The Balaban J connectivity index is 1.95. The molecule has 8 nitrogen and oxygen atoms in total. The number of carbonyl (C=O) groups excluding carboxylic acids is 3. The number of para-hydroxylation sites is 1. The molecule has 0 saturated heterocycles. The van der Waals surface area contributed by atoms with E-state index in [0.717, 1.165) is 10.9 Å². The highest BCUT2D eigenvalue weighted by Gasteiger charge is 2.22. The summed E-state index contributed by atoms with van der Waals surface area (Å²) in [5, 5.41) is 3.20. The van der Waals surface area contributed by atoms with E-state index in [1.54, 1.807) is 19.2 Å². The van der Waals surface area contributed by atoms with Gasteiger partial charge in [0.15, 0.2) is 0 Å². The molecule has 0 saturated carbocycles. The van der Waals surface area contributed by atoms with Crippen LogP contribution in [-0.2, 0) is 14.3 Å². The first kappa shape index (κ1) is 20.2. The zero-order valence-corrected chi connectivity index (χ0v) is 15.4. The molecule has 2 aromatic rings. The Morgan fingerprint density at radius 3 is 2.78 bits per heavy atom. The maximum Gasteiger partial charge on any atom is 0.407 e. The van der Waals surface area contributed by atoms with Crippen LogP contribution in [0.25, 0.3) is 10.9 Å². The first-order chi connectivity index (χ1) is 13.1. The molecule has 0 bridgehead atoms. The number of fused-ring (bicyclic) bond motifs is 1. The molecule has 1 heterocycles. The number of ether oxygens (including phenoxy) is 2. The smallest absolute Gasteiger partial charge is 0.407 e. The number of nitrogens with zero attached hydrogens (tertiary/aromatic N) is 2. The van der Waals surface area contributed by atoms with Crippen LogP contribution in [0.15, 0.2) is 36.5 Å². The number of carbonyl (C=O) groups is 3. The standard InChI is InChI=1S/C19H23N3O5/c1-3-22(18(24)12-21-19(25)26-2)14(13-23)9-11-27-17-8-10-20-16-7-5-4-6-15(16)17/h4-8,10,13-14H,3,9,11-12H2,1-2H3,(H,21,25)/t14-/m0/s1. The highest BCUT2D eigenvalue weighted by atomic mass is 16.5. The van der Waals surface area contributed by atoms with Crippen molar-refractivity contribution in [3.63, 3.8) is 0 Å². The van der Waals surface area contributed by atoms with Gasteiger partial charge in [0.1, 0.15) is 18.6 Å². The molecule has 0 radical (unpaired) electrons. The summed E-state index contributed by atoms with van der Waals surface area (Å²) in [4.78, 5) is 40.5. The van der Waals surface area contributed by atoms with E-state index < -0.39 is 12.1 Å². The average Bonchev–Trinajstić information content (AvgIpc) is 2.71. The number of amides is 2. The summed E-state index contributed by atoms with van der Waals surface area (Å²) in [6.45, 7) is 2.12. The van der Waals surface area contributed by atoms with E-state index in [4.69, 9.17) is 4.74 Å². The van der Waals surface area contributed by atoms with Gasteiger partial charge in [-0.15, -0.1) is 0 Å². The fraction of sp³-hybridized carbons (Fsp3) is 0.368. The summed E-state index contributed by atoms with van der Waals surface area (Å²) < 4.78 is 10.2. The highest BCUT2D eigenvalue weighted by Crippen LogP contribution is 2.23. The molecule has 0 unspecified atom stereocenters. The van der Waals surface area contributed by atoms with Gasteiger partial charge in [-0.05, 0) is 25.1 Å². The molecule has 2 rings (SSSR count). The van der Waals surface area contributed by atoms with Crippen LogP contribution in [0.4, 0.5) is 4.79 Å². The van der Waals surface area contributed by atoms with Crippen LogP contribution in [-0.4, -0.2) is 61.0 Å². The molecule has 1 atom stereocenters. The largest absolute Gasteiger partial charge is 0.493 e. The third kappa shape index (κ3) is 5.40. The van der Waals surface area contributed by atoms with Crippen molar-refractivity contribution in [1.29, 1.82) is 0 Å². The minimum absolute atomic E-state index is 0.235. The van der Waals surface area contributed by atoms with Crippen LogP contribution in [0.5, 0.6) is 5.75 Å². The fourth-order valence-electron chi connectivity index (χ4n) is 2.70. The first-order valence-corrected chi connectivity index (χ1v) is 8.63. The molecule has 0 aliphatic carbocycles. The van der Waals surface area contributed by atoms with Gasteiger partial charge in [0.05, 0.1) is 25.3 Å². The van der Waals surface area contributed by atoms with E-state index in [-0.39, 0.29) is 19.1 Å². The SMILES string of the molecule is CCN(C(=O)CNC(=O)OC)[C@H](C=O)CCOc1ccnc2ccccc12. The van der Waals surface area contributed by atoms with E-state index in [0.29, 0.717) is 25.0 Å². The molecule has 8 heteroatoms. The normalized spacial score (nSPS) is 11.5. The molecular formula is C19H23N3O5. The predicted molar refractivity (Wildman–Crippen MR) is 99.5 cm³/mol. The molecule has 1 aromatic heterocycles. The van der Waals surface area contributed by atoms with Gasteiger partial charge in [0.25, 0.3) is 0 Å². The lowest BCUT2D eigenvalue weighted by molar-refractivity contribution is -0.135.